The molecule has 8 N–H and O–H groups in total. The molecule has 672 valence electrons. The number of aliphatic hydroxyl groups is 1. The van der Waals surface area contributed by atoms with Gasteiger partial charge in [0.05, 0.1) is 81.5 Å². The number of carbonyl (C=O) groups excluding carboxylic acids is 1. The second-order valence-electron chi connectivity index (χ2n) is 39.0. The number of nitrogens with zero attached hydrogens (tertiary/aromatic N) is 12. The molecule has 4 heterocycles. The Morgan fingerprint density at radius 1 is 0.460 bits per heavy atom. The second-order valence-corrected chi connectivity index (χ2v) is 39.0. The summed E-state index contributed by atoms with van der Waals surface area (Å²) in [4.78, 5) is 57.9. The van der Waals surface area contributed by atoms with Crippen LogP contribution in [0.5, 0.6) is 5.75 Å². The lowest BCUT2D eigenvalue weighted by molar-refractivity contribution is -0.0232. The summed E-state index contributed by atoms with van der Waals surface area (Å²) in [7, 11) is 0. The fourth-order valence-corrected chi connectivity index (χ4v) is 17.7. The quantitative estimate of drug-likeness (QED) is 0.0206. The normalized spacial score (nSPS) is 20.3. The predicted molar refractivity (Wildman–Crippen MR) is 489 cm³/mol. The van der Waals surface area contributed by atoms with Gasteiger partial charge in [-0.2, -0.15) is 21.0 Å². The molecule has 25 heteroatoms. The van der Waals surface area contributed by atoms with E-state index in [-0.39, 0.29) is 17.1 Å². The number of halogens is 3. The number of hydrogen-bond acceptors (Lipinski definition) is 20. The Morgan fingerprint density at radius 3 is 1.14 bits per heavy atom. The molecular weight excluding hydrogens is 1590 g/mol. The maximum absolute atomic E-state index is 13.8. The number of carboxylic acids is 1. The minimum absolute atomic E-state index is 0.113. The number of ether oxygens (including phenoxy) is 1. The summed E-state index contributed by atoms with van der Waals surface area (Å²) in [5.41, 5.74) is 16.5. The number of aromatic nitrogens is 8. The van der Waals surface area contributed by atoms with Gasteiger partial charge in [0.15, 0.2) is 6.61 Å². The van der Waals surface area contributed by atoms with E-state index in [0.29, 0.717) is 142 Å². The first-order valence-corrected chi connectivity index (χ1v) is 44.9. The smallest absolute Gasteiger partial charge is 0.335 e. The number of anilines is 4. The van der Waals surface area contributed by atoms with Gasteiger partial charge < -0.3 is 42.0 Å². The number of aryl methyl sites for hydroxylation is 1. The third-order valence-corrected chi connectivity index (χ3v) is 26.6. The van der Waals surface area contributed by atoms with Crippen molar-refractivity contribution in [1.82, 2.24) is 39.9 Å². The van der Waals surface area contributed by atoms with Crippen LogP contribution >= 0.6 is 0 Å². The lowest BCUT2D eigenvalue weighted by atomic mass is 9.65. The Morgan fingerprint density at radius 2 is 0.802 bits per heavy atom. The van der Waals surface area contributed by atoms with Crippen LogP contribution in [0.3, 0.4) is 0 Å². The largest absolute Gasteiger partial charge is 0.487 e. The van der Waals surface area contributed by atoms with Crippen LogP contribution in [0.1, 0.15) is 274 Å². The molecule has 4 aliphatic carbocycles. The molecule has 0 spiro atoms. The SMILES string of the molecule is CC(C)(F)CCc1cccc(CCNc2ncc(C#N)c(C[C@@H]3CC[C@H](O)C(C)(C)C3)n2)c1.C[C@H]1CC[C@@H](Cc2nc(NCCc3ccc(C(=O)O)cc3)ncc2C#N)CC1(C)C.C[C@H]1CC[C@@H](Cc2nc(NCCc3ccc(C(N)=O)cc3)ncc2C#N)CC1(C)C.C[C@H]1CC[C@@H](Cc2nc(NCCc3ccccc3OCC(C)(F)F)ncc2C#N)CC1(C)C. The van der Waals surface area contributed by atoms with E-state index in [9.17, 15) is 48.9 Å². The number of alkyl halides is 3. The van der Waals surface area contributed by atoms with Crippen LogP contribution in [0, 0.1) is 108 Å². The third kappa shape index (κ3) is 30.9. The lowest BCUT2D eigenvalue weighted by Gasteiger charge is -2.41. The maximum atomic E-state index is 13.8. The third-order valence-electron chi connectivity index (χ3n) is 26.6. The average Bonchev–Trinajstić information content (AvgIpc) is 0.824. The van der Waals surface area contributed by atoms with Gasteiger partial charge in [0, 0.05) is 38.7 Å². The number of primary amides is 1. The standard InChI is InChI=1S/C27H37FN4O.C26H34F2N4O.C24H31N5O.C24H30N4O2/c1-26(2)16-21(8-9-24(26)33)15-23-22(17-29)18-31-25(32-23)30-13-11-20-7-5-6-19(14-20)10-12-27(3,4)28;1-18-9-10-19(14-25(18,2)3)13-22-21(15-29)16-31-24(32-22)30-12-11-20-7-5-6-8-23(20)33-17-26(4,27)28;1-16-4-5-18(13-24(16,2)3)12-21-20(14-25)15-28-23(29-21)27-11-10-17-6-8-19(9-7-17)22(26)30;1-16-4-5-18(13-24(16,2)3)12-21-20(14-25)15-27-23(28-21)26-11-10-17-6-8-19(9-7-17)22(29)30/h5-7,14,18,21,24,33H,8-13,15-16H2,1-4H3,(H,30,31,32);5-8,16,18-19H,9-14,17H2,1-4H3,(H,30,31,32);6-9,15-16,18H,4-5,10-13H2,1-3H3,(H2,26,30)(H,27,28,29);6-9,15-16,18H,4-5,10-13H2,1-3H3,(H,29,30)(H,26,27,28)/t21-,24-;18-,19-;2*16-,18-/m0000/s1. The Kier molecular flexibility index (Phi) is 35.5. The zero-order valence-corrected chi connectivity index (χ0v) is 76.5. The van der Waals surface area contributed by atoms with Crippen LogP contribution in [0.2, 0.25) is 0 Å². The first-order valence-electron chi connectivity index (χ1n) is 44.9. The molecule has 0 aliphatic heterocycles. The summed E-state index contributed by atoms with van der Waals surface area (Å²) < 4.78 is 45.4. The van der Waals surface area contributed by atoms with Gasteiger partial charge in [-0.15, -0.1) is 0 Å². The molecule has 0 radical (unpaired) electrons. The van der Waals surface area contributed by atoms with Crippen molar-refractivity contribution in [1.29, 1.82) is 21.0 Å². The van der Waals surface area contributed by atoms with Crippen molar-refractivity contribution < 1.29 is 37.7 Å². The molecule has 0 bridgehead atoms. The zero-order chi connectivity index (χ0) is 91.6. The summed E-state index contributed by atoms with van der Waals surface area (Å²) >= 11 is 0. The molecule has 22 nitrogen and oxygen atoms in total. The number of nitrogens with one attached hydrogen (secondary N) is 4. The molecule has 0 saturated heterocycles. The summed E-state index contributed by atoms with van der Waals surface area (Å²) in [6.07, 6.45) is 26.6. The van der Waals surface area contributed by atoms with Crippen LogP contribution in [0.4, 0.5) is 37.0 Å². The fourth-order valence-electron chi connectivity index (χ4n) is 17.7. The number of hydrogen-bond donors (Lipinski definition) is 7. The van der Waals surface area contributed by atoms with Gasteiger partial charge >= 0.3 is 5.97 Å². The lowest BCUT2D eigenvalue weighted by Crippen LogP contribution is -2.37. The van der Waals surface area contributed by atoms with E-state index < -0.39 is 30.1 Å². The van der Waals surface area contributed by atoms with Crippen LogP contribution in [0.25, 0.3) is 0 Å². The maximum Gasteiger partial charge on any atom is 0.335 e. The number of benzene rings is 4. The van der Waals surface area contributed by atoms with E-state index in [1.807, 2.05) is 48.5 Å². The molecule has 4 aliphatic rings. The van der Waals surface area contributed by atoms with Gasteiger partial charge in [0.1, 0.15) is 35.7 Å². The van der Waals surface area contributed by atoms with E-state index in [0.717, 1.165) is 160 Å². The van der Waals surface area contributed by atoms with Gasteiger partial charge in [-0.25, -0.2) is 57.8 Å². The van der Waals surface area contributed by atoms with Gasteiger partial charge in [-0.05, 0) is 276 Å². The summed E-state index contributed by atoms with van der Waals surface area (Å²) in [6, 6.07) is 38.5. The van der Waals surface area contributed by atoms with Crippen molar-refractivity contribution >= 4 is 35.7 Å². The van der Waals surface area contributed by atoms with E-state index in [2.05, 4.69) is 174 Å². The van der Waals surface area contributed by atoms with Gasteiger partial charge in [-0.1, -0.05) is 143 Å². The second kappa shape index (κ2) is 45.3. The number of aromatic carboxylic acids is 1. The Labute approximate surface area is 744 Å². The highest BCUT2D eigenvalue weighted by Crippen LogP contribution is 2.47. The molecule has 4 saturated carbocycles. The number of amides is 1. The molecule has 4 aromatic heterocycles. The van der Waals surface area contributed by atoms with Gasteiger partial charge in [-0.3, -0.25) is 4.79 Å². The topological polar surface area (TPSA) is 356 Å². The van der Waals surface area contributed by atoms with Crippen molar-refractivity contribution in [3.8, 4) is 30.0 Å². The van der Waals surface area contributed by atoms with E-state index in [4.69, 9.17) is 15.6 Å². The molecule has 126 heavy (non-hydrogen) atoms. The number of nitriles is 4. The Bertz CT molecular complexity index is 4920. The van der Waals surface area contributed by atoms with Crippen molar-refractivity contribution in [2.45, 2.75) is 256 Å². The first kappa shape index (κ1) is 98.6. The molecule has 12 rings (SSSR count). The first-order chi connectivity index (χ1) is 59.7. The molecule has 1 amide bonds. The summed E-state index contributed by atoms with van der Waals surface area (Å²) in [5.74, 6) is 2.47. The van der Waals surface area contributed by atoms with E-state index >= 15 is 0 Å². The number of carbonyl (C=O) groups is 2. The molecule has 4 aromatic carbocycles. The van der Waals surface area contributed by atoms with E-state index in [1.54, 1.807) is 75.0 Å². The molecule has 8 aromatic rings. The minimum Gasteiger partial charge on any atom is -0.487 e. The monoisotopic (exact) mass is 1720 g/mol. The van der Waals surface area contributed by atoms with Crippen molar-refractivity contribution in [2.24, 2.45) is 68.8 Å². The Hall–Kier alpha value is -11.2. The highest BCUT2D eigenvalue weighted by atomic mass is 19.3. The molecule has 0 unspecified atom stereocenters. The number of rotatable bonds is 32. The highest BCUT2D eigenvalue weighted by molar-refractivity contribution is 5.92. The Balaban J connectivity index is 0.000000190. The number of para-hydroxylation sites is 1. The predicted octanol–water partition coefficient (Wildman–Crippen LogP) is 20.3. The average molecular weight is 1720 g/mol. The number of aliphatic hydroxyl groups excluding tert-OH is 1. The molecule has 8 atom stereocenters. The van der Waals surface area contributed by atoms with Crippen molar-refractivity contribution in [2.75, 3.05) is 54.1 Å². The zero-order valence-electron chi connectivity index (χ0n) is 76.5. The number of nitrogens with two attached hydrogens (primary N) is 1. The van der Waals surface area contributed by atoms with Gasteiger partial charge in [0.2, 0.25) is 29.7 Å². The van der Waals surface area contributed by atoms with Crippen LogP contribution in [-0.2, 0) is 57.8 Å². The summed E-state index contributed by atoms with van der Waals surface area (Å²) in [6.45, 7) is 31.1. The molecular formula is C101H132F3N17O5. The number of carboxylic acid groups (broad SMARTS) is 1. The summed E-state index contributed by atoms with van der Waals surface area (Å²) in [5, 5.41) is 70.2. The molecule has 4 fully saturated rings. The van der Waals surface area contributed by atoms with E-state index in [1.165, 1.54) is 37.7 Å². The fraction of sp³-hybridized carbons (Fsp3) is 0.545. The van der Waals surface area contributed by atoms with Crippen molar-refractivity contribution in [3.05, 3.63) is 206 Å². The van der Waals surface area contributed by atoms with Crippen LogP contribution < -0.4 is 31.7 Å². The van der Waals surface area contributed by atoms with Crippen LogP contribution in [0.15, 0.2) is 122 Å². The van der Waals surface area contributed by atoms with Crippen molar-refractivity contribution in [3.63, 3.8) is 0 Å². The van der Waals surface area contributed by atoms with Crippen LogP contribution in [-0.4, -0.2) is 112 Å². The van der Waals surface area contributed by atoms with Gasteiger partial charge in [0.25, 0.3) is 5.92 Å². The minimum atomic E-state index is -2.89. The highest BCUT2D eigenvalue weighted by Gasteiger charge is 2.39.